The molecular weight excluding hydrogens is 258 g/mol. The van der Waals surface area contributed by atoms with Gasteiger partial charge in [-0.25, -0.2) is 9.78 Å². The molecule has 0 saturated carbocycles. The van der Waals surface area contributed by atoms with E-state index in [1.807, 2.05) is 6.07 Å². The summed E-state index contributed by atoms with van der Waals surface area (Å²) in [7, 11) is 0. The maximum Gasteiger partial charge on any atom is 0.336 e. The number of carboxylic acid groups (broad SMARTS) is 1. The van der Waals surface area contributed by atoms with E-state index in [1.54, 1.807) is 18.2 Å². The Balaban J connectivity index is 1.88. The first kappa shape index (κ1) is 12.9. The summed E-state index contributed by atoms with van der Waals surface area (Å²) >= 11 is 0. The Morgan fingerprint density at radius 1 is 1.45 bits per heavy atom. The molecule has 1 atom stereocenters. The Bertz CT molecular complexity index is 635. The van der Waals surface area contributed by atoms with E-state index in [9.17, 15) is 9.90 Å². The predicted molar refractivity (Wildman–Crippen MR) is 73.1 cm³/mol. The maximum absolute atomic E-state index is 11.3. The van der Waals surface area contributed by atoms with Crippen LogP contribution < -0.4 is 4.74 Å². The van der Waals surface area contributed by atoms with Crippen LogP contribution in [-0.2, 0) is 4.74 Å². The smallest absolute Gasteiger partial charge is 0.336 e. The standard InChI is InChI=1S/C15H15NO4/c17-15(18)12-7-14(20-9-10-5-6-19-8-10)16-13-4-2-1-3-11(12)13/h1-4,7,10H,5-6,8-9H2,(H,17,18). The fourth-order valence-corrected chi connectivity index (χ4v) is 2.32. The monoisotopic (exact) mass is 273 g/mol. The summed E-state index contributed by atoms with van der Waals surface area (Å²) in [4.78, 5) is 15.7. The number of hydrogen-bond donors (Lipinski definition) is 1. The fourth-order valence-electron chi connectivity index (χ4n) is 2.32. The highest BCUT2D eigenvalue weighted by Crippen LogP contribution is 2.23. The average Bonchev–Trinajstić information content (AvgIpc) is 2.97. The van der Waals surface area contributed by atoms with Gasteiger partial charge < -0.3 is 14.6 Å². The van der Waals surface area contributed by atoms with Crippen molar-refractivity contribution >= 4 is 16.9 Å². The van der Waals surface area contributed by atoms with E-state index in [0.717, 1.165) is 13.0 Å². The van der Waals surface area contributed by atoms with Crippen LogP contribution in [0.4, 0.5) is 0 Å². The van der Waals surface area contributed by atoms with Gasteiger partial charge in [-0.2, -0.15) is 0 Å². The number of aromatic carboxylic acids is 1. The minimum absolute atomic E-state index is 0.216. The van der Waals surface area contributed by atoms with Crippen LogP contribution in [0.3, 0.4) is 0 Å². The molecule has 104 valence electrons. The van der Waals surface area contributed by atoms with Gasteiger partial charge in [0.2, 0.25) is 5.88 Å². The van der Waals surface area contributed by atoms with Gasteiger partial charge in [0.05, 0.1) is 24.3 Å². The second-order valence-electron chi connectivity index (χ2n) is 4.87. The number of carboxylic acids is 1. The van der Waals surface area contributed by atoms with Crippen molar-refractivity contribution in [1.82, 2.24) is 4.98 Å². The van der Waals surface area contributed by atoms with E-state index in [4.69, 9.17) is 9.47 Å². The second kappa shape index (κ2) is 5.46. The third-order valence-corrected chi connectivity index (χ3v) is 3.41. The number of pyridine rings is 1. The average molecular weight is 273 g/mol. The first-order valence-electron chi connectivity index (χ1n) is 6.57. The second-order valence-corrected chi connectivity index (χ2v) is 4.87. The van der Waals surface area contributed by atoms with Crippen LogP contribution >= 0.6 is 0 Å². The Hall–Kier alpha value is -2.14. The minimum Gasteiger partial charge on any atom is -0.478 e. The van der Waals surface area contributed by atoms with E-state index >= 15 is 0 Å². The van der Waals surface area contributed by atoms with Gasteiger partial charge in [0, 0.05) is 24.0 Å². The van der Waals surface area contributed by atoms with Gasteiger partial charge in [-0.15, -0.1) is 0 Å². The lowest BCUT2D eigenvalue weighted by Gasteiger charge is -2.11. The van der Waals surface area contributed by atoms with Crippen molar-refractivity contribution in [3.63, 3.8) is 0 Å². The van der Waals surface area contributed by atoms with Gasteiger partial charge in [0.1, 0.15) is 0 Å². The molecule has 1 aromatic carbocycles. The third-order valence-electron chi connectivity index (χ3n) is 3.41. The Kier molecular flexibility index (Phi) is 3.52. The number of fused-ring (bicyclic) bond motifs is 1. The molecule has 3 rings (SSSR count). The lowest BCUT2D eigenvalue weighted by Crippen LogP contribution is -2.12. The van der Waals surface area contributed by atoms with Gasteiger partial charge in [-0.3, -0.25) is 0 Å². The van der Waals surface area contributed by atoms with E-state index in [2.05, 4.69) is 4.98 Å². The van der Waals surface area contributed by atoms with Crippen LogP contribution in [-0.4, -0.2) is 35.9 Å². The molecule has 5 heteroatoms. The number of benzene rings is 1. The topological polar surface area (TPSA) is 68.7 Å². The van der Waals surface area contributed by atoms with E-state index in [1.165, 1.54) is 6.07 Å². The predicted octanol–water partition coefficient (Wildman–Crippen LogP) is 2.35. The molecule has 1 N–H and O–H groups in total. The number of aromatic nitrogens is 1. The van der Waals surface area contributed by atoms with Crippen LogP contribution in [0.2, 0.25) is 0 Å². The molecular formula is C15H15NO4. The van der Waals surface area contributed by atoms with Crippen molar-refractivity contribution in [2.24, 2.45) is 5.92 Å². The third kappa shape index (κ3) is 2.58. The van der Waals surface area contributed by atoms with E-state index in [0.29, 0.717) is 35.9 Å². The summed E-state index contributed by atoms with van der Waals surface area (Å²) in [5.41, 5.74) is 0.846. The number of carbonyl (C=O) groups is 1. The molecule has 1 fully saturated rings. The van der Waals surface area contributed by atoms with Crippen molar-refractivity contribution < 1.29 is 19.4 Å². The van der Waals surface area contributed by atoms with Gasteiger partial charge >= 0.3 is 5.97 Å². The summed E-state index contributed by atoms with van der Waals surface area (Å²) < 4.78 is 10.9. The molecule has 2 aromatic rings. The lowest BCUT2D eigenvalue weighted by atomic mass is 10.1. The van der Waals surface area contributed by atoms with Crippen molar-refractivity contribution in [2.75, 3.05) is 19.8 Å². The number of hydrogen-bond acceptors (Lipinski definition) is 4. The minimum atomic E-state index is -0.974. The van der Waals surface area contributed by atoms with Crippen molar-refractivity contribution in [2.45, 2.75) is 6.42 Å². The molecule has 1 aliphatic rings. The SMILES string of the molecule is O=C(O)c1cc(OCC2CCOC2)nc2ccccc12. The van der Waals surface area contributed by atoms with Crippen molar-refractivity contribution in [3.05, 3.63) is 35.9 Å². The fraction of sp³-hybridized carbons (Fsp3) is 0.333. The van der Waals surface area contributed by atoms with Crippen LogP contribution in [0.1, 0.15) is 16.8 Å². The molecule has 1 saturated heterocycles. The molecule has 0 amide bonds. The zero-order valence-electron chi connectivity index (χ0n) is 10.9. The molecule has 1 unspecified atom stereocenters. The Labute approximate surface area is 116 Å². The molecule has 0 spiro atoms. The van der Waals surface area contributed by atoms with Gasteiger partial charge in [-0.1, -0.05) is 18.2 Å². The normalized spacial score (nSPS) is 18.3. The van der Waals surface area contributed by atoms with Gasteiger partial charge in [0.15, 0.2) is 0 Å². The van der Waals surface area contributed by atoms with Crippen LogP contribution in [0, 0.1) is 5.92 Å². The van der Waals surface area contributed by atoms with E-state index < -0.39 is 5.97 Å². The lowest BCUT2D eigenvalue weighted by molar-refractivity contribution is 0.0698. The van der Waals surface area contributed by atoms with Crippen LogP contribution in [0.5, 0.6) is 5.88 Å². The first-order chi connectivity index (χ1) is 9.74. The molecule has 0 aliphatic carbocycles. The number of ether oxygens (including phenoxy) is 2. The molecule has 1 aliphatic heterocycles. The summed E-state index contributed by atoms with van der Waals surface area (Å²) in [6.07, 6.45) is 0.972. The highest BCUT2D eigenvalue weighted by atomic mass is 16.5. The van der Waals surface area contributed by atoms with Crippen LogP contribution in [0.25, 0.3) is 10.9 Å². The van der Waals surface area contributed by atoms with Crippen molar-refractivity contribution in [3.8, 4) is 5.88 Å². The molecule has 0 bridgehead atoms. The first-order valence-corrected chi connectivity index (χ1v) is 6.57. The molecule has 0 radical (unpaired) electrons. The quantitative estimate of drug-likeness (QED) is 0.926. The van der Waals surface area contributed by atoms with Crippen LogP contribution in [0.15, 0.2) is 30.3 Å². The Morgan fingerprint density at radius 2 is 2.30 bits per heavy atom. The molecule has 2 heterocycles. The number of nitrogens with zero attached hydrogens (tertiary/aromatic N) is 1. The maximum atomic E-state index is 11.3. The summed E-state index contributed by atoms with van der Waals surface area (Å²) in [6, 6.07) is 8.65. The Morgan fingerprint density at radius 3 is 3.05 bits per heavy atom. The summed E-state index contributed by atoms with van der Waals surface area (Å²) in [6.45, 7) is 1.96. The summed E-state index contributed by atoms with van der Waals surface area (Å²) in [5.74, 6) is -0.262. The zero-order valence-corrected chi connectivity index (χ0v) is 10.9. The zero-order chi connectivity index (χ0) is 13.9. The highest BCUT2D eigenvalue weighted by Gasteiger charge is 2.17. The largest absolute Gasteiger partial charge is 0.478 e. The molecule has 20 heavy (non-hydrogen) atoms. The molecule has 5 nitrogen and oxygen atoms in total. The number of rotatable bonds is 4. The van der Waals surface area contributed by atoms with Gasteiger partial charge in [0.25, 0.3) is 0 Å². The van der Waals surface area contributed by atoms with Crippen molar-refractivity contribution in [1.29, 1.82) is 0 Å². The highest BCUT2D eigenvalue weighted by molar-refractivity contribution is 6.02. The number of para-hydroxylation sites is 1. The summed E-state index contributed by atoms with van der Waals surface area (Å²) in [5, 5.41) is 9.91. The van der Waals surface area contributed by atoms with E-state index in [-0.39, 0.29) is 5.56 Å². The molecule has 1 aromatic heterocycles. The van der Waals surface area contributed by atoms with Gasteiger partial charge in [-0.05, 0) is 12.5 Å².